The predicted octanol–water partition coefficient (Wildman–Crippen LogP) is 4.46. The lowest BCUT2D eigenvalue weighted by molar-refractivity contribution is -0.109. The van der Waals surface area contributed by atoms with Crippen LogP contribution in [0.15, 0.2) is 43.1 Å². The predicted molar refractivity (Wildman–Crippen MR) is 111 cm³/mol. The number of methoxy groups -OCH3 is 1. The van der Waals surface area contributed by atoms with E-state index < -0.39 is 0 Å². The van der Waals surface area contributed by atoms with Gasteiger partial charge in [-0.1, -0.05) is 17.8 Å². The average Bonchev–Trinajstić information content (AvgIpc) is 2.71. The third kappa shape index (κ3) is 3.50. The molecule has 142 valence electrons. The fourth-order valence-corrected chi connectivity index (χ4v) is 5.87. The topological polar surface area (TPSA) is 42.4 Å². The van der Waals surface area contributed by atoms with Gasteiger partial charge in [-0.15, -0.1) is 6.58 Å². The number of piperidine rings is 3. The SMILES string of the molecule is C=C[C@H]1CN2CC[C@H]1C[C@H]2[C@@H](SC(C)=O)c1ccnc2ccc(OC)cc12. The van der Waals surface area contributed by atoms with E-state index in [1.165, 1.54) is 23.7 Å². The third-order valence-corrected chi connectivity index (χ3v) is 7.24. The smallest absolute Gasteiger partial charge is 0.186 e. The quantitative estimate of drug-likeness (QED) is 0.714. The molecule has 2 aromatic rings. The zero-order chi connectivity index (χ0) is 19.0. The highest BCUT2D eigenvalue weighted by atomic mass is 32.2. The summed E-state index contributed by atoms with van der Waals surface area (Å²) < 4.78 is 5.44. The molecule has 5 heteroatoms. The number of hydrogen-bond donors (Lipinski definition) is 0. The summed E-state index contributed by atoms with van der Waals surface area (Å²) in [6.45, 7) is 7.87. The van der Waals surface area contributed by atoms with Crippen molar-refractivity contribution in [3.63, 3.8) is 0 Å². The minimum atomic E-state index is 0.105. The Kier molecular flexibility index (Phi) is 5.24. The van der Waals surface area contributed by atoms with Gasteiger partial charge in [-0.3, -0.25) is 14.7 Å². The van der Waals surface area contributed by atoms with Crippen LogP contribution in [0.4, 0.5) is 0 Å². The molecule has 0 N–H and O–H groups in total. The summed E-state index contributed by atoms with van der Waals surface area (Å²) in [7, 11) is 1.68. The third-order valence-electron chi connectivity index (χ3n) is 6.09. The van der Waals surface area contributed by atoms with E-state index in [1.54, 1.807) is 14.0 Å². The molecule has 0 spiro atoms. The zero-order valence-electron chi connectivity index (χ0n) is 15.9. The van der Waals surface area contributed by atoms with Gasteiger partial charge in [0.05, 0.1) is 17.9 Å². The van der Waals surface area contributed by atoms with Gasteiger partial charge in [0.15, 0.2) is 5.12 Å². The number of fused-ring (bicyclic) bond motifs is 4. The Morgan fingerprint density at radius 2 is 2.30 bits per heavy atom. The molecule has 4 nitrogen and oxygen atoms in total. The van der Waals surface area contributed by atoms with Crippen LogP contribution in [0, 0.1) is 11.8 Å². The summed E-state index contributed by atoms with van der Waals surface area (Å²) in [6, 6.07) is 8.43. The minimum absolute atomic E-state index is 0.105. The van der Waals surface area contributed by atoms with Gasteiger partial charge in [-0.25, -0.2) is 0 Å². The van der Waals surface area contributed by atoms with E-state index in [0.29, 0.717) is 17.9 Å². The normalized spacial score (nSPS) is 28.1. The monoisotopic (exact) mass is 382 g/mol. The van der Waals surface area contributed by atoms with E-state index in [4.69, 9.17) is 4.74 Å². The van der Waals surface area contributed by atoms with Crippen molar-refractivity contribution in [2.75, 3.05) is 20.2 Å². The van der Waals surface area contributed by atoms with Crippen molar-refractivity contribution in [2.24, 2.45) is 11.8 Å². The van der Waals surface area contributed by atoms with Gasteiger partial charge in [-0.05, 0) is 61.1 Å². The Morgan fingerprint density at radius 1 is 1.44 bits per heavy atom. The number of hydrogen-bond acceptors (Lipinski definition) is 5. The Morgan fingerprint density at radius 3 is 2.96 bits per heavy atom. The van der Waals surface area contributed by atoms with Gasteiger partial charge < -0.3 is 4.74 Å². The largest absolute Gasteiger partial charge is 0.497 e. The van der Waals surface area contributed by atoms with Crippen LogP contribution in [0.2, 0.25) is 0 Å². The molecular weight excluding hydrogens is 356 g/mol. The van der Waals surface area contributed by atoms with Gasteiger partial charge in [-0.2, -0.15) is 0 Å². The first kappa shape index (κ1) is 18.5. The van der Waals surface area contributed by atoms with Crippen molar-refractivity contribution >= 4 is 27.8 Å². The number of aromatic nitrogens is 1. The molecular formula is C22H26N2O2S. The lowest BCUT2D eigenvalue weighted by atomic mass is 9.74. The fraction of sp³-hybridized carbons (Fsp3) is 0.455. The van der Waals surface area contributed by atoms with Crippen molar-refractivity contribution in [3.8, 4) is 5.75 Å². The summed E-state index contributed by atoms with van der Waals surface area (Å²) in [5.41, 5.74) is 2.13. The van der Waals surface area contributed by atoms with Crippen molar-refractivity contribution < 1.29 is 9.53 Å². The molecule has 3 aliphatic heterocycles. The van der Waals surface area contributed by atoms with Gasteiger partial charge in [0, 0.05) is 31.1 Å². The summed E-state index contributed by atoms with van der Waals surface area (Å²) in [5, 5.41) is 1.35. The fourth-order valence-electron chi connectivity index (χ4n) is 4.74. The van der Waals surface area contributed by atoms with Crippen molar-refractivity contribution in [1.29, 1.82) is 0 Å². The van der Waals surface area contributed by atoms with Crippen molar-refractivity contribution in [3.05, 3.63) is 48.7 Å². The van der Waals surface area contributed by atoms with E-state index in [0.717, 1.165) is 36.2 Å². The highest BCUT2D eigenvalue weighted by Crippen LogP contribution is 2.47. The maximum Gasteiger partial charge on any atom is 0.186 e. The Balaban J connectivity index is 1.76. The Bertz CT molecular complexity index is 869. The standard InChI is InChI=1S/C22H26N2O2S/c1-4-15-13-24-10-8-16(15)11-21(24)22(27-14(2)25)18-7-9-23-20-6-5-17(26-3)12-19(18)20/h4-7,9,12,15-16,21-22H,1,8,10-11,13H2,2-3H3/t15-,16-,21-,22-/m0/s1. The van der Waals surface area contributed by atoms with Crippen LogP contribution in [-0.4, -0.2) is 41.2 Å². The highest BCUT2D eigenvalue weighted by molar-refractivity contribution is 8.13. The number of rotatable bonds is 5. The second-order valence-corrected chi connectivity index (χ2v) is 8.88. The van der Waals surface area contributed by atoms with Gasteiger partial charge in [0.25, 0.3) is 0 Å². The zero-order valence-corrected chi connectivity index (χ0v) is 16.7. The molecule has 5 rings (SSSR count). The van der Waals surface area contributed by atoms with Crippen LogP contribution in [0.5, 0.6) is 5.75 Å². The summed E-state index contributed by atoms with van der Waals surface area (Å²) >= 11 is 1.46. The lowest BCUT2D eigenvalue weighted by Crippen LogP contribution is -2.54. The van der Waals surface area contributed by atoms with Crippen LogP contribution in [0.1, 0.15) is 30.6 Å². The molecule has 0 saturated carbocycles. The molecule has 0 aliphatic carbocycles. The van der Waals surface area contributed by atoms with Crippen LogP contribution < -0.4 is 4.74 Å². The number of nitrogens with zero attached hydrogens (tertiary/aromatic N) is 2. The van der Waals surface area contributed by atoms with E-state index in [9.17, 15) is 4.79 Å². The molecule has 5 atom stereocenters. The van der Waals surface area contributed by atoms with Crippen molar-refractivity contribution in [1.82, 2.24) is 9.88 Å². The lowest BCUT2D eigenvalue weighted by Gasteiger charge is -2.51. The number of carbonyl (C=O) groups is 1. The number of benzene rings is 1. The Hall–Kier alpha value is -1.85. The van der Waals surface area contributed by atoms with Gasteiger partial charge in [0.2, 0.25) is 0 Å². The molecule has 1 unspecified atom stereocenters. The summed E-state index contributed by atoms with van der Waals surface area (Å²) in [6.07, 6.45) is 6.33. The molecule has 0 amide bonds. The number of carbonyl (C=O) groups excluding carboxylic acids is 1. The number of thioether (sulfide) groups is 1. The summed E-state index contributed by atoms with van der Waals surface area (Å²) in [4.78, 5) is 19.2. The number of ether oxygens (including phenoxy) is 1. The van der Waals surface area contributed by atoms with Crippen LogP contribution in [0.25, 0.3) is 10.9 Å². The van der Waals surface area contributed by atoms with E-state index in [-0.39, 0.29) is 10.4 Å². The maximum atomic E-state index is 12.1. The highest BCUT2D eigenvalue weighted by Gasteiger charge is 2.43. The second kappa shape index (κ2) is 7.64. The average molecular weight is 383 g/mol. The van der Waals surface area contributed by atoms with E-state index >= 15 is 0 Å². The molecule has 27 heavy (non-hydrogen) atoms. The van der Waals surface area contributed by atoms with E-state index in [1.807, 2.05) is 24.4 Å². The maximum absolute atomic E-state index is 12.1. The van der Waals surface area contributed by atoms with Crippen LogP contribution >= 0.6 is 11.8 Å². The molecule has 1 aromatic carbocycles. The van der Waals surface area contributed by atoms with Gasteiger partial charge >= 0.3 is 0 Å². The van der Waals surface area contributed by atoms with Crippen molar-refractivity contribution in [2.45, 2.75) is 31.1 Å². The molecule has 3 aliphatic rings. The first-order valence-corrected chi connectivity index (χ1v) is 10.4. The van der Waals surface area contributed by atoms with Crippen LogP contribution in [-0.2, 0) is 4.79 Å². The molecule has 1 aromatic heterocycles. The molecule has 3 saturated heterocycles. The molecule has 3 fully saturated rings. The van der Waals surface area contributed by atoms with E-state index in [2.05, 4.69) is 28.6 Å². The van der Waals surface area contributed by atoms with Gasteiger partial charge in [0.1, 0.15) is 5.75 Å². The molecule has 0 radical (unpaired) electrons. The van der Waals surface area contributed by atoms with Crippen LogP contribution in [0.3, 0.4) is 0 Å². The molecule has 4 heterocycles. The first-order chi connectivity index (χ1) is 13.1. The Labute approximate surface area is 165 Å². The summed E-state index contributed by atoms with van der Waals surface area (Å²) in [5.74, 6) is 2.07. The second-order valence-electron chi connectivity index (χ2n) is 7.56. The minimum Gasteiger partial charge on any atom is -0.497 e. The first-order valence-electron chi connectivity index (χ1n) is 9.57. The molecule has 2 bridgehead atoms. The number of pyridine rings is 1.